The predicted octanol–water partition coefficient (Wildman–Crippen LogP) is 9.63. The Labute approximate surface area is 226 Å². The van der Waals surface area contributed by atoms with Crippen LogP contribution in [0, 0.1) is 0 Å². The van der Waals surface area contributed by atoms with Gasteiger partial charge in [0.1, 0.15) is 0 Å². The third-order valence-electron chi connectivity index (χ3n) is 5.65. The highest BCUT2D eigenvalue weighted by Gasteiger charge is 2.18. The molecule has 0 bridgehead atoms. The van der Waals surface area contributed by atoms with Crippen LogP contribution in [0.25, 0.3) is 65.3 Å². The molecule has 0 saturated heterocycles. The molecule has 0 atom stereocenters. The molecule has 7 aromatic rings. The third-order valence-corrected chi connectivity index (χ3v) is 5.65. The van der Waals surface area contributed by atoms with E-state index in [2.05, 4.69) is 0 Å². The molecule has 0 aliphatic heterocycles. The highest BCUT2D eigenvalue weighted by Crippen LogP contribution is 2.46. The lowest BCUT2D eigenvalue weighted by molar-refractivity contribution is 1.67. The van der Waals surface area contributed by atoms with Crippen molar-refractivity contribution < 1.29 is 27.4 Å². The highest BCUT2D eigenvalue weighted by molar-refractivity contribution is 6.25. The molecular weight excluding hydrogens is 408 g/mol. The molecule has 7 aromatic carbocycles. The van der Waals surface area contributed by atoms with Crippen molar-refractivity contribution in [3.63, 3.8) is 0 Å². The summed E-state index contributed by atoms with van der Waals surface area (Å²) in [5.74, 6) is 0. The van der Waals surface area contributed by atoms with E-state index in [1.54, 1.807) is 0 Å². The predicted molar refractivity (Wildman–Crippen MR) is 147 cm³/mol. The smallest absolute Gasteiger partial charge is 0.0622 e. The molecule has 158 valence electrons. The standard InChI is InChI=1S/C34H22/c1-2-12-23(13-3-1)33-28-18-8-10-20-30(28)34(31-21-11-9-19-29(31)33)32-22-24-14-4-5-15-25(24)26-16-6-7-17-27(26)32/h1-22H/i1D,2D,3D,4D,5D,6D,7D,8D,9D,10D,11D,12D,13D,14D,15D,16D,18D,20D,21D,22D. The average Bonchev–Trinajstić information content (AvgIpc) is 3.13. The van der Waals surface area contributed by atoms with Gasteiger partial charge in [-0.3, -0.25) is 0 Å². The first-order valence-corrected chi connectivity index (χ1v) is 10.2. The molecule has 7 rings (SSSR count). The topological polar surface area (TPSA) is 0 Å². The lowest BCUT2D eigenvalue weighted by Crippen LogP contribution is -1.92. The molecule has 0 fully saturated rings. The Kier molecular flexibility index (Phi) is 1.74. The molecule has 0 aromatic heterocycles. The molecule has 0 radical (unpaired) electrons. The Hall–Kier alpha value is -4.42. The summed E-state index contributed by atoms with van der Waals surface area (Å²) >= 11 is 0. The summed E-state index contributed by atoms with van der Waals surface area (Å²) in [7, 11) is 0. The minimum Gasteiger partial charge on any atom is -0.0622 e. The average molecular weight is 451 g/mol. The van der Waals surface area contributed by atoms with Crippen LogP contribution in [0.4, 0.5) is 0 Å². The Bertz CT molecular complexity index is 2900. The maximum absolute atomic E-state index is 9.58. The fraction of sp³-hybridized carbons (Fsp3) is 0. The van der Waals surface area contributed by atoms with Gasteiger partial charge in [-0.1, -0.05) is 127 Å². The lowest BCUT2D eigenvalue weighted by Gasteiger charge is -2.19. The van der Waals surface area contributed by atoms with Gasteiger partial charge in [0, 0.05) is 0 Å². The summed E-state index contributed by atoms with van der Waals surface area (Å²) in [6.07, 6.45) is 0. The van der Waals surface area contributed by atoms with E-state index in [-0.39, 0.29) is 21.5 Å². The van der Waals surface area contributed by atoms with Crippen molar-refractivity contribution in [2.75, 3.05) is 0 Å². The van der Waals surface area contributed by atoms with Crippen molar-refractivity contribution in [2.24, 2.45) is 0 Å². The van der Waals surface area contributed by atoms with Crippen LogP contribution in [-0.4, -0.2) is 0 Å². The number of benzene rings is 7. The largest absolute Gasteiger partial charge is 0.0636 e. The van der Waals surface area contributed by atoms with E-state index in [0.717, 1.165) is 12.1 Å². The van der Waals surface area contributed by atoms with Gasteiger partial charge in [0.25, 0.3) is 0 Å². The molecule has 0 amide bonds. The van der Waals surface area contributed by atoms with E-state index in [1.807, 2.05) is 0 Å². The summed E-state index contributed by atoms with van der Waals surface area (Å²) in [5, 5.41) is -2.97. The van der Waals surface area contributed by atoms with E-state index in [1.165, 1.54) is 0 Å². The van der Waals surface area contributed by atoms with Crippen LogP contribution >= 0.6 is 0 Å². The summed E-state index contributed by atoms with van der Waals surface area (Å²) in [6.45, 7) is 0. The molecule has 0 heterocycles. The van der Waals surface area contributed by atoms with Crippen molar-refractivity contribution in [1.82, 2.24) is 0 Å². The van der Waals surface area contributed by atoms with Gasteiger partial charge in [-0.2, -0.15) is 0 Å². The first-order valence-electron chi connectivity index (χ1n) is 20.2. The van der Waals surface area contributed by atoms with Gasteiger partial charge in [0.2, 0.25) is 0 Å². The molecular formula is C34H22. The van der Waals surface area contributed by atoms with Gasteiger partial charge in [-0.25, -0.2) is 0 Å². The highest BCUT2D eigenvalue weighted by atomic mass is 14.2. The minimum absolute atomic E-state index is 0.241. The third kappa shape index (κ3) is 2.79. The number of rotatable bonds is 2. The Morgan fingerprint density at radius 2 is 0.912 bits per heavy atom. The maximum Gasteiger partial charge on any atom is 0.0636 e. The quantitative estimate of drug-likeness (QED) is 0.182. The Balaban J connectivity index is 1.96. The molecule has 0 N–H and O–H groups in total. The molecule has 0 aliphatic rings. The van der Waals surface area contributed by atoms with Crippen molar-refractivity contribution in [2.45, 2.75) is 0 Å². The van der Waals surface area contributed by atoms with Crippen molar-refractivity contribution in [1.29, 1.82) is 0 Å². The van der Waals surface area contributed by atoms with Crippen molar-refractivity contribution >= 4 is 43.1 Å². The van der Waals surface area contributed by atoms with Crippen LogP contribution in [0.2, 0.25) is 0 Å². The second kappa shape index (κ2) is 7.57. The fourth-order valence-corrected chi connectivity index (χ4v) is 4.30. The summed E-state index contributed by atoms with van der Waals surface area (Å²) in [4.78, 5) is 0. The van der Waals surface area contributed by atoms with Crippen LogP contribution in [0.15, 0.2) is 133 Å². The van der Waals surface area contributed by atoms with Gasteiger partial charge in [0.05, 0.1) is 27.4 Å². The van der Waals surface area contributed by atoms with Crippen LogP contribution in [0.3, 0.4) is 0 Å². The Morgan fingerprint density at radius 3 is 1.68 bits per heavy atom. The monoisotopic (exact) mass is 450 g/mol. The van der Waals surface area contributed by atoms with Gasteiger partial charge >= 0.3 is 0 Å². The molecule has 0 nitrogen and oxygen atoms in total. The van der Waals surface area contributed by atoms with Crippen LogP contribution in [-0.2, 0) is 0 Å². The van der Waals surface area contributed by atoms with E-state index in [4.69, 9.17) is 23.3 Å². The normalized spacial score (nSPS) is 19.8. The minimum atomic E-state index is -0.829. The van der Waals surface area contributed by atoms with Crippen LogP contribution < -0.4 is 0 Å². The zero-order valence-electron chi connectivity index (χ0n) is 37.2. The number of hydrogen-bond acceptors (Lipinski definition) is 0. The van der Waals surface area contributed by atoms with E-state index in [9.17, 15) is 4.11 Å². The molecule has 34 heavy (non-hydrogen) atoms. The van der Waals surface area contributed by atoms with Gasteiger partial charge in [-0.05, 0) is 71.4 Å². The van der Waals surface area contributed by atoms with Crippen LogP contribution in [0.1, 0.15) is 27.4 Å². The molecule has 0 unspecified atom stereocenters. The maximum atomic E-state index is 9.58. The molecule has 0 heteroatoms. The molecule has 0 aliphatic carbocycles. The second-order valence-corrected chi connectivity index (χ2v) is 7.40. The van der Waals surface area contributed by atoms with Crippen molar-refractivity contribution in [3.8, 4) is 22.3 Å². The van der Waals surface area contributed by atoms with Crippen molar-refractivity contribution in [3.05, 3.63) is 133 Å². The van der Waals surface area contributed by atoms with E-state index in [0.29, 0.717) is 0 Å². The zero-order chi connectivity index (χ0) is 39.9. The molecule has 0 spiro atoms. The van der Waals surface area contributed by atoms with E-state index >= 15 is 0 Å². The van der Waals surface area contributed by atoms with E-state index < -0.39 is 165 Å². The SMILES string of the molecule is [2H]c1cc2c(-c3c([2H])c([2H])c([2H])c([2H])c3[2H])c3c([2H])c([2H])c([2H])c([2H])c3c(-c3c([2H])c4c([2H])c([2H])c([2H])c([2H])c4c4c([2H])c([2H])c([2H])cc34)c2c([2H])c1[2H]. The fourth-order valence-electron chi connectivity index (χ4n) is 4.30. The first kappa shape index (κ1) is 7.82. The van der Waals surface area contributed by atoms with Crippen LogP contribution in [0.5, 0.6) is 0 Å². The summed E-state index contributed by atoms with van der Waals surface area (Å²) in [5.41, 5.74) is -1.75. The number of fused-ring (bicyclic) bond motifs is 5. The molecule has 0 saturated carbocycles. The van der Waals surface area contributed by atoms with Gasteiger partial charge in [-0.15, -0.1) is 0 Å². The Morgan fingerprint density at radius 1 is 0.382 bits per heavy atom. The first-order chi connectivity index (χ1) is 25.2. The lowest BCUT2D eigenvalue weighted by atomic mass is 9.84. The zero-order valence-corrected chi connectivity index (χ0v) is 17.2. The number of hydrogen-bond donors (Lipinski definition) is 0. The van der Waals surface area contributed by atoms with Gasteiger partial charge in [0.15, 0.2) is 0 Å². The second-order valence-electron chi connectivity index (χ2n) is 7.40. The van der Waals surface area contributed by atoms with Gasteiger partial charge < -0.3 is 0 Å². The summed E-state index contributed by atoms with van der Waals surface area (Å²) < 4.78 is 175. The summed E-state index contributed by atoms with van der Waals surface area (Å²) in [6, 6.07) is -12.5.